The quantitative estimate of drug-likeness (QED) is 0.781. The summed E-state index contributed by atoms with van der Waals surface area (Å²) in [7, 11) is 0. The van der Waals surface area contributed by atoms with Gasteiger partial charge in [0.2, 0.25) is 5.91 Å². The Morgan fingerprint density at radius 2 is 2.14 bits per heavy atom. The number of benzene rings is 1. The first-order chi connectivity index (χ1) is 10.2. The van der Waals surface area contributed by atoms with Gasteiger partial charge in [0.1, 0.15) is 0 Å². The maximum atomic E-state index is 13.0. The molecule has 116 valence electrons. The maximum Gasteiger partial charge on any atom is 0.230 e. The first-order valence-corrected chi connectivity index (χ1v) is 8.22. The van der Waals surface area contributed by atoms with Gasteiger partial charge < -0.3 is 9.64 Å². The van der Waals surface area contributed by atoms with Gasteiger partial charge in [0.15, 0.2) is 0 Å². The number of amides is 1. The number of hydrogen-bond acceptors (Lipinski definition) is 2. The fourth-order valence-electron chi connectivity index (χ4n) is 2.82. The van der Waals surface area contributed by atoms with Crippen molar-refractivity contribution in [3.63, 3.8) is 0 Å². The molecule has 2 rings (SSSR count). The third kappa shape index (κ3) is 3.98. The highest BCUT2D eigenvalue weighted by Gasteiger charge is 2.32. The van der Waals surface area contributed by atoms with E-state index in [4.69, 9.17) is 16.3 Å². The molecule has 0 saturated carbocycles. The van der Waals surface area contributed by atoms with Gasteiger partial charge in [-0.3, -0.25) is 4.79 Å². The van der Waals surface area contributed by atoms with Crippen molar-refractivity contribution in [3.8, 4) is 0 Å². The minimum Gasteiger partial charge on any atom is -0.373 e. The monoisotopic (exact) mass is 309 g/mol. The van der Waals surface area contributed by atoms with Crippen LogP contribution in [0.3, 0.4) is 0 Å². The Hall–Kier alpha value is -1.06. The zero-order valence-corrected chi connectivity index (χ0v) is 13.6. The molecule has 3 atom stereocenters. The normalized spacial score (nSPS) is 21.9. The highest BCUT2D eigenvalue weighted by molar-refractivity contribution is 6.18. The molecule has 21 heavy (non-hydrogen) atoms. The van der Waals surface area contributed by atoms with Crippen LogP contribution in [0.25, 0.3) is 0 Å². The van der Waals surface area contributed by atoms with Crippen LogP contribution in [0.1, 0.15) is 31.7 Å². The van der Waals surface area contributed by atoms with Gasteiger partial charge in [0.25, 0.3) is 0 Å². The molecule has 3 unspecified atom stereocenters. The summed E-state index contributed by atoms with van der Waals surface area (Å²) < 4.78 is 5.55. The van der Waals surface area contributed by atoms with E-state index in [0.29, 0.717) is 31.5 Å². The van der Waals surface area contributed by atoms with Gasteiger partial charge in [0, 0.05) is 13.1 Å². The number of nitrogens with zero attached hydrogens (tertiary/aromatic N) is 1. The van der Waals surface area contributed by atoms with E-state index in [1.165, 1.54) is 0 Å². The van der Waals surface area contributed by atoms with Crippen molar-refractivity contribution in [1.82, 2.24) is 4.90 Å². The molecular weight excluding hydrogens is 286 g/mol. The number of halogens is 1. The number of alkyl halides is 1. The molecule has 1 aromatic carbocycles. The standard InChI is InChI=1S/C17H24ClNO2/c1-3-13(2)16(14-7-5-4-6-8-14)17(20)19-9-10-21-15(11-18)12-19/h4-8,13,15-16H,3,9-12H2,1-2H3. The minimum absolute atomic E-state index is 0.0438. The molecule has 0 radical (unpaired) electrons. The lowest BCUT2D eigenvalue weighted by Gasteiger charge is -2.36. The van der Waals surface area contributed by atoms with E-state index in [9.17, 15) is 4.79 Å². The van der Waals surface area contributed by atoms with Gasteiger partial charge in [-0.25, -0.2) is 0 Å². The van der Waals surface area contributed by atoms with Gasteiger partial charge in [-0.15, -0.1) is 11.6 Å². The highest BCUT2D eigenvalue weighted by Crippen LogP contribution is 2.29. The number of morpholine rings is 1. The molecule has 0 aliphatic carbocycles. The molecule has 0 spiro atoms. The highest BCUT2D eigenvalue weighted by atomic mass is 35.5. The Morgan fingerprint density at radius 3 is 2.76 bits per heavy atom. The topological polar surface area (TPSA) is 29.5 Å². The summed E-state index contributed by atoms with van der Waals surface area (Å²) in [5, 5.41) is 0. The summed E-state index contributed by atoms with van der Waals surface area (Å²) in [5.41, 5.74) is 1.10. The fraction of sp³-hybridized carbons (Fsp3) is 0.588. The van der Waals surface area contributed by atoms with Crippen LogP contribution in [-0.4, -0.2) is 42.5 Å². The SMILES string of the molecule is CCC(C)C(C(=O)N1CCOC(CCl)C1)c1ccccc1. The van der Waals surface area contributed by atoms with Gasteiger partial charge in [-0.1, -0.05) is 50.6 Å². The van der Waals surface area contributed by atoms with E-state index in [0.717, 1.165) is 12.0 Å². The Labute approximate surface area is 132 Å². The first-order valence-electron chi connectivity index (χ1n) is 7.68. The molecule has 1 aliphatic rings. The van der Waals surface area contributed by atoms with Crippen molar-refractivity contribution in [2.45, 2.75) is 32.3 Å². The smallest absolute Gasteiger partial charge is 0.230 e. The molecule has 1 heterocycles. The summed E-state index contributed by atoms with van der Waals surface area (Å²) in [6.07, 6.45) is 0.937. The number of carbonyl (C=O) groups excluding carboxylic acids is 1. The summed E-state index contributed by atoms with van der Waals surface area (Å²) >= 11 is 5.87. The van der Waals surface area contributed by atoms with E-state index in [1.807, 2.05) is 35.2 Å². The number of rotatable bonds is 5. The average molecular weight is 310 g/mol. The Balaban J connectivity index is 2.18. The molecule has 1 fully saturated rings. The molecule has 0 aromatic heterocycles. The fourth-order valence-corrected chi connectivity index (χ4v) is 3.01. The summed E-state index contributed by atoms with van der Waals surface area (Å²) in [4.78, 5) is 14.9. The van der Waals surface area contributed by atoms with Gasteiger partial charge >= 0.3 is 0 Å². The number of carbonyl (C=O) groups is 1. The Morgan fingerprint density at radius 1 is 1.43 bits per heavy atom. The van der Waals surface area contributed by atoms with Crippen LogP contribution in [0.15, 0.2) is 30.3 Å². The molecule has 0 bridgehead atoms. The van der Waals surface area contributed by atoms with Crippen LogP contribution in [0.2, 0.25) is 0 Å². The van der Waals surface area contributed by atoms with E-state index in [2.05, 4.69) is 13.8 Å². The molecule has 3 nitrogen and oxygen atoms in total. The van der Waals surface area contributed by atoms with Crippen LogP contribution >= 0.6 is 11.6 Å². The molecule has 1 aromatic rings. The average Bonchev–Trinajstić information content (AvgIpc) is 2.55. The zero-order valence-electron chi connectivity index (χ0n) is 12.8. The van der Waals surface area contributed by atoms with Crippen molar-refractivity contribution in [1.29, 1.82) is 0 Å². The third-order valence-electron chi connectivity index (χ3n) is 4.26. The lowest BCUT2D eigenvalue weighted by Crippen LogP contribution is -2.48. The minimum atomic E-state index is -0.0784. The second-order valence-corrected chi connectivity index (χ2v) is 6.01. The lowest BCUT2D eigenvalue weighted by molar-refractivity contribution is -0.140. The molecule has 4 heteroatoms. The molecule has 0 N–H and O–H groups in total. The van der Waals surface area contributed by atoms with Crippen LogP contribution in [-0.2, 0) is 9.53 Å². The van der Waals surface area contributed by atoms with Crippen molar-refractivity contribution in [3.05, 3.63) is 35.9 Å². The van der Waals surface area contributed by atoms with Crippen molar-refractivity contribution in [2.75, 3.05) is 25.6 Å². The van der Waals surface area contributed by atoms with Crippen molar-refractivity contribution < 1.29 is 9.53 Å². The Kier molecular flexibility index (Phi) is 6.07. The maximum absolute atomic E-state index is 13.0. The molecule has 1 amide bonds. The second kappa shape index (κ2) is 7.81. The molecule has 1 saturated heterocycles. The number of ether oxygens (including phenoxy) is 1. The molecular formula is C17H24ClNO2. The third-order valence-corrected chi connectivity index (χ3v) is 4.60. The van der Waals surface area contributed by atoms with Crippen molar-refractivity contribution >= 4 is 17.5 Å². The zero-order chi connectivity index (χ0) is 15.2. The first kappa shape index (κ1) is 16.3. The van der Waals surface area contributed by atoms with Gasteiger partial charge in [0.05, 0.1) is 24.5 Å². The van der Waals surface area contributed by atoms with Crippen LogP contribution in [0.4, 0.5) is 0 Å². The Bertz CT molecular complexity index is 451. The lowest BCUT2D eigenvalue weighted by atomic mass is 9.84. The van der Waals surface area contributed by atoms with Crippen LogP contribution in [0, 0.1) is 5.92 Å². The largest absolute Gasteiger partial charge is 0.373 e. The summed E-state index contributed by atoms with van der Waals surface area (Å²) in [6, 6.07) is 10.1. The molecule has 1 aliphatic heterocycles. The van der Waals surface area contributed by atoms with Crippen LogP contribution < -0.4 is 0 Å². The van der Waals surface area contributed by atoms with Crippen LogP contribution in [0.5, 0.6) is 0 Å². The van der Waals surface area contributed by atoms with Crippen molar-refractivity contribution in [2.24, 2.45) is 5.92 Å². The van der Waals surface area contributed by atoms with E-state index >= 15 is 0 Å². The second-order valence-electron chi connectivity index (χ2n) is 5.71. The van der Waals surface area contributed by atoms with E-state index in [1.54, 1.807) is 0 Å². The summed E-state index contributed by atoms with van der Waals surface area (Å²) in [5.74, 6) is 0.875. The van der Waals surface area contributed by atoms with E-state index < -0.39 is 0 Å². The van der Waals surface area contributed by atoms with Gasteiger partial charge in [-0.05, 0) is 11.5 Å². The van der Waals surface area contributed by atoms with E-state index in [-0.39, 0.29) is 17.9 Å². The predicted molar refractivity (Wildman–Crippen MR) is 85.7 cm³/mol. The summed E-state index contributed by atoms with van der Waals surface area (Å²) in [6.45, 7) is 6.11. The van der Waals surface area contributed by atoms with Gasteiger partial charge in [-0.2, -0.15) is 0 Å². The predicted octanol–water partition coefficient (Wildman–Crippen LogP) is 3.28. The number of hydrogen-bond donors (Lipinski definition) is 0.